The van der Waals surface area contributed by atoms with E-state index in [0.29, 0.717) is 6.04 Å². The molecule has 1 unspecified atom stereocenters. The molecule has 2 aromatic carbocycles. The molecule has 108 valence electrons. The Labute approximate surface area is 128 Å². The van der Waals surface area contributed by atoms with Gasteiger partial charge in [0.15, 0.2) is 0 Å². The lowest BCUT2D eigenvalue weighted by atomic mass is 10.0. The molecule has 1 heterocycles. The quantitative estimate of drug-likeness (QED) is 0.704. The first kappa shape index (κ1) is 14.2. The topological polar surface area (TPSA) is 12.0 Å². The van der Waals surface area contributed by atoms with Gasteiger partial charge in [0.05, 0.1) is 0 Å². The third-order valence-electron chi connectivity index (χ3n) is 3.75. The third-order valence-corrected chi connectivity index (χ3v) is 4.98. The van der Waals surface area contributed by atoms with Crippen LogP contribution in [-0.4, -0.2) is 7.05 Å². The number of nitrogens with one attached hydrogen (secondary N) is 1. The van der Waals surface area contributed by atoms with E-state index in [4.69, 9.17) is 0 Å². The van der Waals surface area contributed by atoms with Crippen molar-refractivity contribution in [2.45, 2.75) is 18.9 Å². The maximum atomic E-state index is 13.3. The van der Waals surface area contributed by atoms with E-state index < -0.39 is 0 Å². The van der Waals surface area contributed by atoms with Crippen molar-refractivity contribution in [3.63, 3.8) is 0 Å². The lowest BCUT2D eigenvalue weighted by molar-refractivity contribution is 0.558. The summed E-state index contributed by atoms with van der Waals surface area (Å²) in [6, 6.07) is 17.9. The second-order valence-electron chi connectivity index (χ2n) is 5.20. The number of rotatable bonds is 5. The minimum Gasteiger partial charge on any atom is -0.312 e. The van der Waals surface area contributed by atoms with E-state index in [-0.39, 0.29) is 5.82 Å². The summed E-state index contributed by atoms with van der Waals surface area (Å²) in [4.78, 5) is 1.27. The van der Waals surface area contributed by atoms with Gasteiger partial charge in [-0.25, -0.2) is 4.39 Å². The van der Waals surface area contributed by atoms with Crippen LogP contribution in [-0.2, 0) is 6.42 Å². The first-order valence-electron chi connectivity index (χ1n) is 7.16. The molecular weight excluding hydrogens is 281 g/mol. The van der Waals surface area contributed by atoms with Crippen molar-refractivity contribution >= 4 is 21.4 Å². The van der Waals surface area contributed by atoms with E-state index in [1.165, 1.54) is 16.5 Å². The summed E-state index contributed by atoms with van der Waals surface area (Å²) in [6.45, 7) is 0. The summed E-state index contributed by atoms with van der Waals surface area (Å²) in [6.07, 6.45) is 2.07. The Balaban J connectivity index is 1.78. The van der Waals surface area contributed by atoms with Gasteiger partial charge in [0.1, 0.15) is 5.82 Å². The van der Waals surface area contributed by atoms with Gasteiger partial charge in [-0.1, -0.05) is 30.3 Å². The van der Waals surface area contributed by atoms with Gasteiger partial charge < -0.3 is 5.32 Å². The van der Waals surface area contributed by atoms with Crippen LogP contribution in [0.3, 0.4) is 0 Å². The predicted molar refractivity (Wildman–Crippen MR) is 88.3 cm³/mol. The van der Waals surface area contributed by atoms with Gasteiger partial charge in [-0.05, 0) is 55.1 Å². The minimum atomic E-state index is -0.169. The van der Waals surface area contributed by atoms with Crippen molar-refractivity contribution in [2.75, 3.05) is 7.05 Å². The number of thiophene rings is 1. The molecule has 3 rings (SSSR count). The van der Waals surface area contributed by atoms with Gasteiger partial charge in [-0.3, -0.25) is 0 Å². The fourth-order valence-corrected chi connectivity index (χ4v) is 3.78. The summed E-state index contributed by atoms with van der Waals surface area (Å²) >= 11 is 1.74. The average molecular weight is 299 g/mol. The van der Waals surface area contributed by atoms with Crippen molar-refractivity contribution in [1.29, 1.82) is 0 Å². The van der Waals surface area contributed by atoms with E-state index in [2.05, 4.69) is 35.6 Å². The zero-order chi connectivity index (χ0) is 14.7. The number of hydrogen-bond acceptors (Lipinski definition) is 2. The van der Waals surface area contributed by atoms with E-state index in [1.54, 1.807) is 17.4 Å². The second kappa shape index (κ2) is 6.37. The van der Waals surface area contributed by atoms with Gasteiger partial charge >= 0.3 is 0 Å². The summed E-state index contributed by atoms with van der Waals surface area (Å²) in [5.41, 5.74) is 1.35. The van der Waals surface area contributed by atoms with Crippen LogP contribution in [0.2, 0.25) is 0 Å². The molecule has 0 amide bonds. The largest absolute Gasteiger partial charge is 0.312 e. The lowest BCUT2D eigenvalue weighted by Gasteiger charge is -2.14. The second-order valence-corrected chi connectivity index (χ2v) is 6.31. The van der Waals surface area contributed by atoms with Gasteiger partial charge in [0.2, 0.25) is 0 Å². The molecular formula is C18H18FNS. The monoisotopic (exact) mass is 299 g/mol. The minimum absolute atomic E-state index is 0.169. The van der Waals surface area contributed by atoms with Crippen LogP contribution in [0.25, 0.3) is 10.1 Å². The maximum Gasteiger partial charge on any atom is 0.123 e. The Morgan fingerprint density at radius 2 is 1.90 bits per heavy atom. The molecule has 0 aliphatic rings. The molecule has 0 spiro atoms. The smallest absolute Gasteiger partial charge is 0.123 e. The standard InChI is InChI=1S/C18H18FNS/c1-20-16(9-7-13-5-3-2-4-6-13)18-12-14-11-15(19)8-10-17(14)21-18/h2-6,8,10-12,16,20H,7,9H2,1H3. The van der Waals surface area contributed by atoms with Gasteiger partial charge in [0, 0.05) is 15.6 Å². The van der Waals surface area contributed by atoms with Crippen molar-refractivity contribution in [3.8, 4) is 0 Å². The Bertz CT molecular complexity index is 720. The van der Waals surface area contributed by atoms with Crippen molar-refractivity contribution < 1.29 is 4.39 Å². The molecule has 1 atom stereocenters. The molecule has 1 nitrogen and oxygen atoms in total. The number of fused-ring (bicyclic) bond motifs is 1. The van der Waals surface area contributed by atoms with E-state index in [1.807, 2.05) is 19.2 Å². The maximum absolute atomic E-state index is 13.3. The molecule has 0 saturated carbocycles. The Morgan fingerprint density at radius 1 is 1.10 bits per heavy atom. The Kier molecular flexibility index (Phi) is 4.32. The molecule has 0 aliphatic heterocycles. The number of hydrogen-bond donors (Lipinski definition) is 1. The van der Waals surface area contributed by atoms with Gasteiger partial charge in [-0.2, -0.15) is 0 Å². The molecule has 0 aliphatic carbocycles. The highest BCUT2D eigenvalue weighted by Gasteiger charge is 2.13. The average Bonchev–Trinajstić information content (AvgIpc) is 2.92. The van der Waals surface area contributed by atoms with E-state index in [9.17, 15) is 4.39 Å². The van der Waals surface area contributed by atoms with Crippen LogP contribution in [0, 0.1) is 5.82 Å². The fourth-order valence-electron chi connectivity index (χ4n) is 2.59. The van der Waals surface area contributed by atoms with Crippen molar-refractivity contribution in [2.24, 2.45) is 0 Å². The Morgan fingerprint density at radius 3 is 2.67 bits per heavy atom. The summed E-state index contributed by atoms with van der Waals surface area (Å²) in [7, 11) is 1.99. The SMILES string of the molecule is CNC(CCc1ccccc1)c1cc2cc(F)ccc2s1. The third kappa shape index (κ3) is 3.31. The van der Waals surface area contributed by atoms with Crippen LogP contribution in [0.5, 0.6) is 0 Å². The summed E-state index contributed by atoms with van der Waals surface area (Å²) in [5, 5.41) is 4.38. The zero-order valence-corrected chi connectivity index (χ0v) is 12.8. The first-order chi connectivity index (χ1) is 10.3. The molecule has 0 bridgehead atoms. The van der Waals surface area contributed by atoms with Crippen molar-refractivity contribution in [3.05, 3.63) is 70.9 Å². The van der Waals surface area contributed by atoms with Crippen LogP contribution in [0.4, 0.5) is 4.39 Å². The van der Waals surface area contributed by atoms with Crippen LogP contribution < -0.4 is 5.32 Å². The molecule has 1 aromatic heterocycles. The molecule has 21 heavy (non-hydrogen) atoms. The molecule has 3 aromatic rings. The highest BCUT2D eigenvalue weighted by atomic mass is 32.1. The Hall–Kier alpha value is -1.71. The highest BCUT2D eigenvalue weighted by Crippen LogP contribution is 2.32. The molecule has 0 radical (unpaired) electrons. The first-order valence-corrected chi connectivity index (χ1v) is 7.98. The summed E-state index contributed by atoms with van der Waals surface area (Å²) in [5.74, 6) is -0.169. The van der Waals surface area contributed by atoms with Crippen LogP contribution in [0.1, 0.15) is 22.9 Å². The zero-order valence-electron chi connectivity index (χ0n) is 12.0. The number of aryl methyl sites for hydroxylation is 1. The molecule has 1 N–H and O–H groups in total. The van der Waals surface area contributed by atoms with Gasteiger partial charge in [-0.15, -0.1) is 11.3 Å². The fraction of sp³-hybridized carbons (Fsp3) is 0.222. The van der Waals surface area contributed by atoms with Crippen molar-refractivity contribution in [1.82, 2.24) is 5.32 Å². The lowest BCUT2D eigenvalue weighted by Crippen LogP contribution is -2.15. The van der Waals surface area contributed by atoms with Gasteiger partial charge in [0.25, 0.3) is 0 Å². The van der Waals surface area contributed by atoms with Crippen LogP contribution >= 0.6 is 11.3 Å². The predicted octanol–water partition coefficient (Wildman–Crippen LogP) is 4.93. The highest BCUT2D eigenvalue weighted by molar-refractivity contribution is 7.19. The van der Waals surface area contributed by atoms with E-state index in [0.717, 1.165) is 22.9 Å². The number of benzene rings is 2. The molecule has 0 saturated heterocycles. The normalized spacial score (nSPS) is 12.7. The molecule has 3 heteroatoms. The summed E-state index contributed by atoms with van der Waals surface area (Å²) < 4.78 is 14.4. The van der Waals surface area contributed by atoms with E-state index >= 15 is 0 Å². The number of halogens is 1. The molecule has 0 fully saturated rings. The van der Waals surface area contributed by atoms with Crippen LogP contribution in [0.15, 0.2) is 54.6 Å².